The second-order valence-corrected chi connectivity index (χ2v) is 5.08. The fourth-order valence-corrected chi connectivity index (χ4v) is 2.49. The second kappa shape index (κ2) is 8.60. The van der Waals surface area contributed by atoms with E-state index < -0.39 is 0 Å². The molecule has 0 aliphatic carbocycles. The Hall–Kier alpha value is -1.79. The van der Waals surface area contributed by atoms with Gasteiger partial charge in [-0.05, 0) is 24.1 Å². The number of hydrogen-bond donors (Lipinski definition) is 2. The molecule has 2 rings (SSSR count). The molecule has 0 radical (unpaired) electrons. The maximum atomic E-state index is 12.0. The van der Waals surface area contributed by atoms with E-state index in [4.69, 9.17) is 10.5 Å². The maximum Gasteiger partial charge on any atom is 0.241 e. The van der Waals surface area contributed by atoms with Gasteiger partial charge in [-0.15, -0.1) is 12.4 Å². The lowest BCUT2D eigenvalue weighted by Gasteiger charge is -2.17. The van der Waals surface area contributed by atoms with E-state index in [2.05, 4.69) is 5.32 Å². The molecule has 122 valence electrons. The largest absolute Gasteiger partial charge is 0.497 e. The third kappa shape index (κ3) is 4.61. The number of nitrogens with zero attached hydrogens (tertiary/aromatic N) is 1. The van der Waals surface area contributed by atoms with Crippen LogP contribution in [0.2, 0.25) is 0 Å². The molecule has 22 heavy (non-hydrogen) atoms. The summed E-state index contributed by atoms with van der Waals surface area (Å²) < 4.78 is 5.14. The van der Waals surface area contributed by atoms with Crippen LogP contribution in [0.15, 0.2) is 24.3 Å². The van der Waals surface area contributed by atoms with E-state index in [0.29, 0.717) is 19.0 Å². The molecule has 1 aromatic rings. The topological polar surface area (TPSA) is 84.7 Å². The van der Waals surface area contributed by atoms with Crippen molar-refractivity contribution in [2.24, 2.45) is 5.73 Å². The van der Waals surface area contributed by atoms with E-state index in [1.54, 1.807) is 12.0 Å². The van der Waals surface area contributed by atoms with Crippen LogP contribution in [-0.4, -0.2) is 50.0 Å². The van der Waals surface area contributed by atoms with E-state index in [-0.39, 0.29) is 37.3 Å². The van der Waals surface area contributed by atoms with Crippen molar-refractivity contribution in [3.8, 4) is 5.75 Å². The van der Waals surface area contributed by atoms with Gasteiger partial charge < -0.3 is 20.7 Å². The number of amides is 2. The summed E-state index contributed by atoms with van der Waals surface area (Å²) in [6.07, 6.45) is 0.933. The van der Waals surface area contributed by atoms with Gasteiger partial charge in [-0.1, -0.05) is 12.1 Å². The minimum absolute atomic E-state index is 0. The number of carbonyl (C=O) groups is 2. The van der Waals surface area contributed by atoms with E-state index >= 15 is 0 Å². The number of methoxy groups -OCH3 is 1. The third-order valence-corrected chi connectivity index (χ3v) is 3.75. The van der Waals surface area contributed by atoms with Crippen LogP contribution < -0.4 is 15.8 Å². The van der Waals surface area contributed by atoms with Gasteiger partial charge in [-0.2, -0.15) is 0 Å². The monoisotopic (exact) mass is 327 g/mol. The first kappa shape index (κ1) is 18.3. The van der Waals surface area contributed by atoms with Gasteiger partial charge in [0.05, 0.1) is 20.2 Å². The first-order valence-corrected chi connectivity index (χ1v) is 7.02. The van der Waals surface area contributed by atoms with Crippen LogP contribution in [0.3, 0.4) is 0 Å². The van der Waals surface area contributed by atoms with E-state index in [0.717, 1.165) is 12.2 Å². The Morgan fingerprint density at radius 3 is 2.64 bits per heavy atom. The third-order valence-electron chi connectivity index (χ3n) is 3.75. The van der Waals surface area contributed by atoms with Gasteiger partial charge in [0.25, 0.3) is 0 Å². The van der Waals surface area contributed by atoms with Gasteiger partial charge in [-0.25, -0.2) is 0 Å². The summed E-state index contributed by atoms with van der Waals surface area (Å²) in [6.45, 7) is 1.32. The molecule has 1 heterocycles. The van der Waals surface area contributed by atoms with Crippen molar-refractivity contribution in [3.63, 3.8) is 0 Å². The predicted octanol–water partition coefficient (Wildman–Crippen LogP) is 0.508. The Kier molecular flexibility index (Phi) is 7.14. The molecule has 0 spiro atoms. The Morgan fingerprint density at radius 2 is 2.05 bits per heavy atom. The number of benzene rings is 1. The van der Waals surface area contributed by atoms with Crippen LogP contribution in [-0.2, 0) is 9.59 Å². The minimum Gasteiger partial charge on any atom is -0.497 e. The van der Waals surface area contributed by atoms with Crippen LogP contribution in [0.1, 0.15) is 17.9 Å². The number of halogens is 1. The Morgan fingerprint density at radius 1 is 1.36 bits per heavy atom. The van der Waals surface area contributed by atoms with Crippen molar-refractivity contribution in [3.05, 3.63) is 29.8 Å². The number of hydrogen-bond acceptors (Lipinski definition) is 4. The summed E-state index contributed by atoms with van der Waals surface area (Å²) in [6, 6.07) is 7.93. The molecule has 1 atom stereocenters. The normalized spacial score (nSPS) is 16.8. The lowest BCUT2D eigenvalue weighted by Crippen LogP contribution is -2.40. The molecular formula is C15H22ClN3O3. The van der Waals surface area contributed by atoms with Gasteiger partial charge in [0.1, 0.15) is 5.75 Å². The SMILES string of the molecule is COc1ccc(C2CCN(C(=O)CNC(=O)CN)C2)cc1.Cl. The van der Waals surface area contributed by atoms with Gasteiger partial charge in [-0.3, -0.25) is 9.59 Å². The first-order chi connectivity index (χ1) is 10.1. The van der Waals surface area contributed by atoms with Crippen molar-refractivity contribution in [2.45, 2.75) is 12.3 Å². The number of ether oxygens (including phenoxy) is 1. The highest BCUT2D eigenvalue weighted by molar-refractivity contribution is 5.86. The number of carbonyl (C=O) groups excluding carboxylic acids is 2. The number of rotatable bonds is 5. The lowest BCUT2D eigenvalue weighted by atomic mass is 9.98. The van der Waals surface area contributed by atoms with E-state index in [9.17, 15) is 9.59 Å². The number of nitrogens with two attached hydrogens (primary N) is 1. The molecule has 1 aliphatic heterocycles. The summed E-state index contributed by atoms with van der Waals surface area (Å²) in [5.41, 5.74) is 6.39. The summed E-state index contributed by atoms with van der Waals surface area (Å²) >= 11 is 0. The van der Waals surface area contributed by atoms with Crippen molar-refractivity contribution in [1.29, 1.82) is 0 Å². The van der Waals surface area contributed by atoms with Crippen molar-refractivity contribution in [1.82, 2.24) is 10.2 Å². The van der Waals surface area contributed by atoms with Crippen LogP contribution >= 0.6 is 12.4 Å². The van der Waals surface area contributed by atoms with Gasteiger partial charge >= 0.3 is 0 Å². The molecule has 3 N–H and O–H groups in total. The average Bonchev–Trinajstić information content (AvgIpc) is 3.02. The second-order valence-electron chi connectivity index (χ2n) is 5.08. The van der Waals surface area contributed by atoms with E-state index in [1.165, 1.54) is 5.56 Å². The molecular weight excluding hydrogens is 306 g/mol. The van der Waals surface area contributed by atoms with E-state index in [1.807, 2.05) is 24.3 Å². The molecule has 0 saturated carbocycles. The number of likely N-dealkylation sites (tertiary alicyclic amines) is 1. The fourth-order valence-electron chi connectivity index (χ4n) is 2.49. The standard InChI is InChI=1S/C15H21N3O3.ClH/c1-21-13-4-2-11(3-5-13)12-6-7-18(10-12)15(20)9-17-14(19)8-16;/h2-5,12H,6-10,16H2,1H3,(H,17,19);1H. The van der Waals surface area contributed by atoms with Crippen LogP contribution in [0.25, 0.3) is 0 Å². The zero-order valence-corrected chi connectivity index (χ0v) is 13.4. The molecule has 1 unspecified atom stereocenters. The highest BCUT2D eigenvalue weighted by Crippen LogP contribution is 2.28. The zero-order valence-electron chi connectivity index (χ0n) is 12.6. The minimum atomic E-state index is -0.311. The summed E-state index contributed by atoms with van der Waals surface area (Å²) in [7, 11) is 1.64. The molecule has 1 fully saturated rings. The summed E-state index contributed by atoms with van der Waals surface area (Å²) in [5, 5.41) is 2.51. The van der Waals surface area contributed by atoms with Gasteiger partial charge in [0.15, 0.2) is 0 Å². The smallest absolute Gasteiger partial charge is 0.241 e. The highest BCUT2D eigenvalue weighted by Gasteiger charge is 2.27. The highest BCUT2D eigenvalue weighted by atomic mass is 35.5. The van der Waals surface area contributed by atoms with Crippen molar-refractivity contribution < 1.29 is 14.3 Å². The molecule has 1 saturated heterocycles. The molecule has 0 bridgehead atoms. The molecule has 2 amide bonds. The molecule has 7 heteroatoms. The first-order valence-electron chi connectivity index (χ1n) is 7.02. The van der Waals surface area contributed by atoms with Crippen molar-refractivity contribution >= 4 is 24.2 Å². The molecule has 0 aromatic heterocycles. The lowest BCUT2D eigenvalue weighted by molar-refractivity contribution is -0.131. The Bertz CT molecular complexity index is 507. The van der Waals surface area contributed by atoms with Gasteiger partial charge in [0, 0.05) is 19.0 Å². The van der Waals surface area contributed by atoms with Crippen molar-refractivity contribution in [2.75, 3.05) is 33.3 Å². The average molecular weight is 328 g/mol. The Labute approximate surface area is 136 Å². The number of nitrogens with one attached hydrogen (secondary N) is 1. The molecule has 1 aliphatic rings. The Balaban J connectivity index is 0.00000242. The van der Waals surface area contributed by atoms with Gasteiger partial charge in [0.2, 0.25) is 11.8 Å². The fraction of sp³-hybridized carbons (Fsp3) is 0.467. The quantitative estimate of drug-likeness (QED) is 0.825. The van der Waals surface area contributed by atoms with Crippen LogP contribution in [0.4, 0.5) is 0 Å². The van der Waals surface area contributed by atoms with Crippen LogP contribution in [0.5, 0.6) is 5.75 Å². The zero-order chi connectivity index (χ0) is 15.2. The summed E-state index contributed by atoms with van der Waals surface area (Å²) in [4.78, 5) is 24.8. The maximum absolute atomic E-state index is 12.0. The molecule has 6 nitrogen and oxygen atoms in total. The predicted molar refractivity (Wildman–Crippen MR) is 86.2 cm³/mol. The van der Waals surface area contributed by atoms with Crippen LogP contribution in [0, 0.1) is 0 Å². The summed E-state index contributed by atoms with van der Waals surface area (Å²) in [5.74, 6) is 0.793. The molecule has 1 aromatic carbocycles.